The molecule has 0 aliphatic rings. The van der Waals surface area contributed by atoms with E-state index in [2.05, 4.69) is 4.72 Å². The summed E-state index contributed by atoms with van der Waals surface area (Å²) in [6.07, 6.45) is 0.591. The van der Waals surface area contributed by atoms with Crippen LogP contribution in [0.4, 0.5) is 4.39 Å². The van der Waals surface area contributed by atoms with Crippen molar-refractivity contribution in [2.75, 3.05) is 0 Å². The first kappa shape index (κ1) is 17.9. The number of benzene rings is 2. The van der Waals surface area contributed by atoms with Crippen molar-refractivity contribution in [1.29, 1.82) is 0 Å². The second kappa shape index (κ2) is 7.43. The lowest BCUT2D eigenvalue weighted by Crippen LogP contribution is -2.29. The molecule has 1 atom stereocenters. The van der Waals surface area contributed by atoms with E-state index in [9.17, 15) is 12.8 Å². The second-order valence-corrected chi connectivity index (χ2v) is 7.61. The van der Waals surface area contributed by atoms with Gasteiger partial charge in [0.05, 0.1) is 5.75 Å². The molecule has 0 heterocycles. The highest BCUT2D eigenvalue weighted by molar-refractivity contribution is 7.88. The molecule has 0 saturated heterocycles. The van der Waals surface area contributed by atoms with E-state index in [0.29, 0.717) is 6.42 Å². The molecule has 2 aromatic rings. The van der Waals surface area contributed by atoms with Crippen LogP contribution in [0.3, 0.4) is 0 Å². The molecule has 2 rings (SSSR count). The summed E-state index contributed by atoms with van der Waals surface area (Å²) in [4.78, 5) is 0. The molecular weight excluding hydrogens is 337 g/mol. The Hall–Kier alpha value is -1.43. The highest BCUT2D eigenvalue weighted by Crippen LogP contribution is 2.23. The Bertz CT molecular complexity index is 755. The van der Waals surface area contributed by atoms with E-state index in [1.165, 1.54) is 18.2 Å². The number of halogens is 2. The zero-order valence-corrected chi connectivity index (χ0v) is 14.6. The lowest BCUT2D eigenvalue weighted by atomic mass is 10.0. The number of nitrogens with one attached hydrogen (secondary N) is 1. The smallest absolute Gasteiger partial charge is 0.212 e. The van der Waals surface area contributed by atoms with Crippen LogP contribution in [-0.4, -0.2) is 8.42 Å². The Morgan fingerprint density at radius 1 is 1.17 bits per heavy atom. The third-order valence-corrected chi connectivity index (χ3v) is 5.27. The molecule has 2 aromatic carbocycles. The van der Waals surface area contributed by atoms with E-state index in [1.54, 1.807) is 0 Å². The number of rotatable bonds is 6. The van der Waals surface area contributed by atoms with E-state index in [4.69, 9.17) is 11.6 Å². The summed E-state index contributed by atoms with van der Waals surface area (Å²) in [5.41, 5.74) is 1.96. The van der Waals surface area contributed by atoms with Crippen LogP contribution in [0.1, 0.15) is 36.1 Å². The molecule has 0 spiro atoms. The minimum absolute atomic E-state index is 0.0135. The Labute approximate surface area is 141 Å². The van der Waals surface area contributed by atoms with Crippen LogP contribution in [0, 0.1) is 12.7 Å². The van der Waals surface area contributed by atoms with Crippen LogP contribution in [-0.2, 0) is 15.8 Å². The molecule has 6 heteroatoms. The molecule has 0 radical (unpaired) electrons. The molecule has 0 amide bonds. The van der Waals surface area contributed by atoms with Crippen LogP contribution >= 0.6 is 11.6 Å². The summed E-state index contributed by atoms with van der Waals surface area (Å²) in [6.45, 7) is 3.86. The van der Waals surface area contributed by atoms with Crippen molar-refractivity contribution in [1.82, 2.24) is 4.72 Å². The van der Waals surface area contributed by atoms with Gasteiger partial charge in [-0.05, 0) is 31.0 Å². The second-order valence-electron chi connectivity index (χ2n) is 5.45. The summed E-state index contributed by atoms with van der Waals surface area (Å²) >= 11 is 5.91. The van der Waals surface area contributed by atoms with E-state index in [1.807, 2.05) is 38.1 Å². The number of sulfonamides is 1. The first-order valence-corrected chi connectivity index (χ1v) is 9.35. The first-order valence-electron chi connectivity index (χ1n) is 7.32. The maximum atomic E-state index is 13.8. The maximum absolute atomic E-state index is 13.8. The van der Waals surface area contributed by atoms with Gasteiger partial charge < -0.3 is 0 Å². The monoisotopic (exact) mass is 355 g/mol. The SMILES string of the molecule is CCC(NS(=O)(=O)Cc1c(F)cccc1Cl)c1ccc(C)cc1. The Morgan fingerprint density at radius 3 is 2.39 bits per heavy atom. The van der Waals surface area contributed by atoms with Gasteiger partial charge in [0.25, 0.3) is 0 Å². The molecule has 124 valence electrons. The van der Waals surface area contributed by atoms with Gasteiger partial charge in [-0.25, -0.2) is 17.5 Å². The van der Waals surface area contributed by atoms with Crippen molar-refractivity contribution >= 4 is 21.6 Å². The van der Waals surface area contributed by atoms with Gasteiger partial charge in [0, 0.05) is 16.6 Å². The predicted octanol–water partition coefficient (Wildman–Crippen LogP) is 4.36. The van der Waals surface area contributed by atoms with Crippen molar-refractivity contribution in [3.05, 3.63) is 70.0 Å². The van der Waals surface area contributed by atoms with Crippen molar-refractivity contribution < 1.29 is 12.8 Å². The summed E-state index contributed by atoms with van der Waals surface area (Å²) in [5.74, 6) is -1.10. The Kier molecular flexibility index (Phi) is 5.79. The molecule has 0 aliphatic heterocycles. The van der Waals surface area contributed by atoms with Gasteiger partial charge in [0.1, 0.15) is 5.82 Å². The molecule has 23 heavy (non-hydrogen) atoms. The first-order chi connectivity index (χ1) is 10.8. The molecule has 0 saturated carbocycles. The zero-order chi connectivity index (χ0) is 17.0. The van der Waals surface area contributed by atoms with Gasteiger partial charge in [0.15, 0.2) is 0 Å². The number of aryl methyl sites for hydroxylation is 1. The van der Waals surface area contributed by atoms with Crippen molar-refractivity contribution in [3.8, 4) is 0 Å². The zero-order valence-electron chi connectivity index (χ0n) is 13.0. The fourth-order valence-electron chi connectivity index (χ4n) is 2.30. The molecule has 0 bridgehead atoms. The molecule has 0 aliphatic carbocycles. The summed E-state index contributed by atoms with van der Waals surface area (Å²) in [7, 11) is -3.72. The van der Waals surface area contributed by atoms with Crippen molar-refractivity contribution in [3.63, 3.8) is 0 Å². The van der Waals surface area contributed by atoms with Gasteiger partial charge in [-0.2, -0.15) is 0 Å². The Morgan fingerprint density at radius 2 is 1.83 bits per heavy atom. The van der Waals surface area contributed by atoms with Crippen LogP contribution in [0.25, 0.3) is 0 Å². The van der Waals surface area contributed by atoms with Gasteiger partial charge >= 0.3 is 0 Å². The largest absolute Gasteiger partial charge is 0.216 e. The Balaban J connectivity index is 2.20. The fraction of sp³-hybridized carbons (Fsp3) is 0.294. The van der Waals surface area contributed by atoms with Crippen LogP contribution < -0.4 is 4.72 Å². The van der Waals surface area contributed by atoms with Gasteiger partial charge in [-0.1, -0.05) is 54.4 Å². The summed E-state index contributed by atoms with van der Waals surface area (Å²) in [6, 6.07) is 11.4. The van der Waals surface area contributed by atoms with E-state index in [-0.39, 0.29) is 16.6 Å². The lowest BCUT2D eigenvalue weighted by molar-refractivity contribution is 0.546. The van der Waals surface area contributed by atoms with Gasteiger partial charge in [-0.15, -0.1) is 0 Å². The molecule has 1 N–H and O–H groups in total. The van der Waals surface area contributed by atoms with Crippen LogP contribution in [0.5, 0.6) is 0 Å². The van der Waals surface area contributed by atoms with E-state index < -0.39 is 21.6 Å². The average Bonchev–Trinajstić information content (AvgIpc) is 2.50. The fourth-order valence-corrected chi connectivity index (χ4v) is 4.11. The minimum Gasteiger partial charge on any atom is -0.212 e. The molecular formula is C17H19ClFNO2S. The summed E-state index contributed by atoms with van der Waals surface area (Å²) < 4.78 is 41.2. The van der Waals surface area contributed by atoms with Crippen LogP contribution in [0.2, 0.25) is 5.02 Å². The molecule has 3 nitrogen and oxygen atoms in total. The summed E-state index contributed by atoms with van der Waals surface area (Å²) in [5, 5.41) is 0.110. The van der Waals surface area contributed by atoms with E-state index >= 15 is 0 Å². The third-order valence-electron chi connectivity index (χ3n) is 3.61. The highest BCUT2D eigenvalue weighted by Gasteiger charge is 2.21. The van der Waals surface area contributed by atoms with Crippen molar-refractivity contribution in [2.24, 2.45) is 0 Å². The minimum atomic E-state index is -3.72. The average molecular weight is 356 g/mol. The lowest BCUT2D eigenvalue weighted by Gasteiger charge is -2.18. The number of hydrogen-bond acceptors (Lipinski definition) is 2. The van der Waals surface area contributed by atoms with Crippen LogP contribution in [0.15, 0.2) is 42.5 Å². The van der Waals surface area contributed by atoms with Crippen molar-refractivity contribution in [2.45, 2.75) is 32.1 Å². The maximum Gasteiger partial charge on any atom is 0.216 e. The highest BCUT2D eigenvalue weighted by atomic mass is 35.5. The van der Waals surface area contributed by atoms with Gasteiger partial charge in [0.2, 0.25) is 10.0 Å². The number of hydrogen-bond donors (Lipinski definition) is 1. The van der Waals surface area contributed by atoms with Gasteiger partial charge in [-0.3, -0.25) is 0 Å². The van der Waals surface area contributed by atoms with E-state index in [0.717, 1.165) is 11.1 Å². The predicted molar refractivity (Wildman–Crippen MR) is 91.4 cm³/mol. The normalized spacial score (nSPS) is 13.0. The third kappa shape index (κ3) is 4.77. The quantitative estimate of drug-likeness (QED) is 0.836. The standard InChI is InChI=1S/C17H19ClFNO2S/c1-3-17(13-9-7-12(2)8-10-13)20-23(21,22)11-14-15(18)5-4-6-16(14)19/h4-10,17,20H,3,11H2,1-2H3. The molecule has 1 unspecified atom stereocenters. The molecule has 0 aromatic heterocycles. The topological polar surface area (TPSA) is 46.2 Å². The molecule has 0 fully saturated rings.